The lowest BCUT2D eigenvalue weighted by Gasteiger charge is -2.56. The molecule has 37 heavy (non-hydrogen) atoms. The van der Waals surface area contributed by atoms with E-state index in [-0.39, 0.29) is 12.0 Å². The van der Waals surface area contributed by atoms with E-state index >= 15 is 0 Å². The highest BCUT2D eigenvalue weighted by Gasteiger charge is 2.53. The molecule has 0 aliphatic heterocycles. The standard InChI is InChI=1S/C29H29N5O3/c30-25(35)17-36-23-8-6-21(7-9-23)27-31-28(37-33-27)24-16-34(22-4-2-1-3-5-22)32-26(24)29-13-18-10-19(14-29)12-20(11-18)15-29/h1-9,16,18-20H,10-15,17H2,(H2,30,35). The summed E-state index contributed by atoms with van der Waals surface area (Å²) < 4.78 is 13.2. The summed E-state index contributed by atoms with van der Waals surface area (Å²) >= 11 is 0. The molecule has 4 aliphatic rings. The van der Waals surface area contributed by atoms with Gasteiger partial charge in [0.25, 0.3) is 11.8 Å². The first kappa shape index (κ1) is 22.3. The fourth-order valence-corrected chi connectivity index (χ4v) is 7.34. The second-order valence-corrected chi connectivity index (χ2v) is 11.1. The molecule has 8 rings (SSSR count). The van der Waals surface area contributed by atoms with Gasteiger partial charge in [-0.1, -0.05) is 23.4 Å². The summed E-state index contributed by atoms with van der Waals surface area (Å²) in [5.41, 5.74) is 9.11. The summed E-state index contributed by atoms with van der Waals surface area (Å²) in [7, 11) is 0. The van der Waals surface area contributed by atoms with Crippen LogP contribution in [0.2, 0.25) is 0 Å². The Morgan fingerprint density at radius 1 is 1.00 bits per heavy atom. The van der Waals surface area contributed by atoms with Crippen LogP contribution >= 0.6 is 0 Å². The topological polar surface area (TPSA) is 109 Å². The van der Waals surface area contributed by atoms with Crippen molar-refractivity contribution in [3.05, 3.63) is 66.5 Å². The summed E-state index contributed by atoms with van der Waals surface area (Å²) in [4.78, 5) is 15.8. The van der Waals surface area contributed by atoms with E-state index < -0.39 is 5.91 Å². The maximum absolute atomic E-state index is 11.0. The smallest absolute Gasteiger partial charge is 0.261 e. The Morgan fingerprint density at radius 3 is 2.32 bits per heavy atom. The molecule has 0 radical (unpaired) electrons. The lowest BCUT2D eigenvalue weighted by atomic mass is 9.48. The van der Waals surface area contributed by atoms with Gasteiger partial charge in [0.1, 0.15) is 5.75 Å². The highest BCUT2D eigenvalue weighted by molar-refractivity contribution is 5.75. The van der Waals surface area contributed by atoms with Gasteiger partial charge in [-0.2, -0.15) is 10.1 Å². The van der Waals surface area contributed by atoms with Crippen LogP contribution in [0, 0.1) is 17.8 Å². The van der Waals surface area contributed by atoms with Crippen LogP contribution in [0.25, 0.3) is 28.5 Å². The second kappa shape index (κ2) is 8.57. The predicted octanol–water partition coefficient (Wildman–Crippen LogP) is 4.92. The van der Waals surface area contributed by atoms with Crippen LogP contribution in [0.15, 0.2) is 65.3 Å². The van der Waals surface area contributed by atoms with Gasteiger partial charge in [-0.05, 0) is 92.7 Å². The molecule has 0 spiro atoms. The highest BCUT2D eigenvalue weighted by atomic mass is 16.5. The van der Waals surface area contributed by atoms with Crippen LogP contribution in [0.4, 0.5) is 0 Å². The molecule has 8 heteroatoms. The first-order valence-electron chi connectivity index (χ1n) is 13.1. The van der Waals surface area contributed by atoms with Crippen molar-refractivity contribution in [2.24, 2.45) is 23.5 Å². The zero-order valence-electron chi connectivity index (χ0n) is 20.5. The lowest BCUT2D eigenvalue weighted by molar-refractivity contribution is -0.119. The van der Waals surface area contributed by atoms with Gasteiger partial charge in [0.15, 0.2) is 6.61 Å². The van der Waals surface area contributed by atoms with E-state index in [1.807, 2.05) is 35.0 Å². The third kappa shape index (κ3) is 4.00. The second-order valence-electron chi connectivity index (χ2n) is 11.1. The summed E-state index contributed by atoms with van der Waals surface area (Å²) in [6, 6.07) is 17.4. The van der Waals surface area contributed by atoms with Gasteiger partial charge in [0.2, 0.25) is 5.82 Å². The molecule has 2 heterocycles. The number of nitrogens with zero attached hydrogens (tertiary/aromatic N) is 4. The Kier molecular flexibility index (Phi) is 5.16. The Balaban J connectivity index is 1.26. The van der Waals surface area contributed by atoms with Gasteiger partial charge in [-0.15, -0.1) is 0 Å². The number of carbonyl (C=O) groups is 1. The highest BCUT2D eigenvalue weighted by Crippen LogP contribution is 2.61. The molecule has 0 saturated heterocycles. The molecule has 0 unspecified atom stereocenters. The first-order valence-corrected chi connectivity index (χ1v) is 13.1. The first-order chi connectivity index (χ1) is 18.0. The van der Waals surface area contributed by atoms with Crippen molar-refractivity contribution in [3.8, 4) is 34.3 Å². The van der Waals surface area contributed by atoms with Crippen LogP contribution in [-0.2, 0) is 10.2 Å². The average molecular weight is 496 g/mol. The third-order valence-electron chi connectivity index (χ3n) is 8.43. The minimum Gasteiger partial charge on any atom is -0.484 e. The quantitative estimate of drug-likeness (QED) is 0.390. The van der Waals surface area contributed by atoms with E-state index in [1.54, 1.807) is 12.1 Å². The van der Waals surface area contributed by atoms with Crippen molar-refractivity contribution in [3.63, 3.8) is 0 Å². The van der Waals surface area contributed by atoms with E-state index in [1.165, 1.54) is 38.5 Å². The molecule has 2 aromatic heterocycles. The van der Waals surface area contributed by atoms with Crippen molar-refractivity contribution >= 4 is 5.91 Å². The van der Waals surface area contributed by atoms with E-state index in [0.29, 0.717) is 17.5 Å². The van der Waals surface area contributed by atoms with Crippen LogP contribution in [0.5, 0.6) is 5.75 Å². The van der Waals surface area contributed by atoms with Gasteiger partial charge >= 0.3 is 0 Å². The summed E-state index contributed by atoms with van der Waals surface area (Å²) in [6.45, 7) is -0.162. The number of ether oxygens (including phenoxy) is 1. The fraction of sp³-hybridized carbons (Fsp3) is 0.379. The van der Waals surface area contributed by atoms with E-state index in [2.05, 4.69) is 23.5 Å². The molecule has 4 bridgehead atoms. The number of nitrogens with two attached hydrogens (primary N) is 1. The number of benzene rings is 2. The van der Waals surface area contributed by atoms with Gasteiger partial charge in [0, 0.05) is 17.2 Å². The molecule has 8 nitrogen and oxygen atoms in total. The number of amides is 1. The maximum atomic E-state index is 11.0. The number of rotatable bonds is 7. The van der Waals surface area contributed by atoms with Crippen molar-refractivity contribution in [2.45, 2.75) is 43.9 Å². The van der Waals surface area contributed by atoms with Crippen LogP contribution in [0.1, 0.15) is 44.2 Å². The molecule has 188 valence electrons. The zero-order valence-corrected chi connectivity index (χ0v) is 20.5. The number of hydrogen-bond acceptors (Lipinski definition) is 6. The molecular weight excluding hydrogens is 466 g/mol. The van der Waals surface area contributed by atoms with Crippen LogP contribution in [-0.4, -0.2) is 32.4 Å². The van der Waals surface area contributed by atoms with Crippen LogP contribution < -0.4 is 10.5 Å². The fourth-order valence-electron chi connectivity index (χ4n) is 7.34. The number of aromatic nitrogens is 4. The Hall–Kier alpha value is -3.94. The molecule has 2 aromatic carbocycles. The Morgan fingerprint density at radius 2 is 1.68 bits per heavy atom. The SMILES string of the molecule is NC(=O)COc1ccc(-c2noc(-c3cn(-c4ccccc4)nc3C34CC5CC(CC(C5)C3)C4)n2)cc1. The monoisotopic (exact) mass is 495 g/mol. The van der Waals surface area contributed by atoms with Crippen molar-refractivity contribution in [1.29, 1.82) is 0 Å². The van der Waals surface area contributed by atoms with Crippen molar-refractivity contribution in [2.75, 3.05) is 6.61 Å². The number of carbonyl (C=O) groups excluding carboxylic acids is 1. The summed E-state index contributed by atoms with van der Waals surface area (Å²) in [6.07, 6.45) is 9.78. The van der Waals surface area contributed by atoms with Gasteiger partial charge in [-0.3, -0.25) is 4.79 Å². The predicted molar refractivity (Wildman–Crippen MR) is 137 cm³/mol. The minimum absolute atomic E-state index is 0.0815. The number of para-hydroxylation sites is 1. The molecule has 4 aromatic rings. The molecule has 4 aliphatic carbocycles. The third-order valence-corrected chi connectivity index (χ3v) is 8.43. The molecule has 4 saturated carbocycles. The van der Waals surface area contributed by atoms with Gasteiger partial charge in [0.05, 0.1) is 16.9 Å². The molecule has 2 N–H and O–H groups in total. The average Bonchev–Trinajstić information content (AvgIpc) is 3.56. The molecule has 1 amide bonds. The minimum atomic E-state index is -0.516. The summed E-state index contributed by atoms with van der Waals surface area (Å²) in [5.74, 6) is 3.44. The normalized spacial score (nSPS) is 25.9. The van der Waals surface area contributed by atoms with Crippen LogP contribution in [0.3, 0.4) is 0 Å². The summed E-state index contributed by atoms with van der Waals surface area (Å²) in [5, 5.41) is 9.51. The lowest BCUT2D eigenvalue weighted by Crippen LogP contribution is -2.49. The zero-order chi connectivity index (χ0) is 25.0. The maximum Gasteiger partial charge on any atom is 0.261 e. The molecule has 4 fully saturated rings. The van der Waals surface area contributed by atoms with E-state index in [0.717, 1.165) is 40.3 Å². The van der Waals surface area contributed by atoms with E-state index in [4.69, 9.17) is 25.1 Å². The Bertz CT molecular complexity index is 1400. The van der Waals surface area contributed by atoms with Gasteiger partial charge in [-0.25, -0.2) is 4.68 Å². The van der Waals surface area contributed by atoms with E-state index in [9.17, 15) is 4.79 Å². The molecular formula is C29H29N5O3. The van der Waals surface area contributed by atoms with Gasteiger partial charge < -0.3 is 15.0 Å². The van der Waals surface area contributed by atoms with Crippen molar-refractivity contribution in [1.82, 2.24) is 19.9 Å². The Labute approximate surface area is 214 Å². The van der Waals surface area contributed by atoms with Crippen molar-refractivity contribution < 1.29 is 14.1 Å². The molecule has 0 atom stereocenters. The number of primary amides is 1. The largest absolute Gasteiger partial charge is 0.484 e. The number of hydrogen-bond donors (Lipinski definition) is 1.